The molecule has 11 heteroatoms. The molecule has 1 aromatic carbocycles. The van der Waals surface area contributed by atoms with Crippen LogP contribution < -0.4 is 11.1 Å². The van der Waals surface area contributed by atoms with Gasteiger partial charge in [-0.2, -0.15) is 5.10 Å². The minimum Gasteiger partial charge on any atom is -0.467 e. The molecule has 0 atom stereocenters. The molecule has 3 aromatic heterocycles. The largest absolute Gasteiger partial charge is 0.467 e. The third kappa shape index (κ3) is 5.80. The number of anilines is 1. The Labute approximate surface area is 206 Å². The van der Waals surface area contributed by atoms with E-state index in [1.165, 1.54) is 17.3 Å². The summed E-state index contributed by atoms with van der Waals surface area (Å²) >= 11 is 1.26. The first-order valence-corrected chi connectivity index (χ1v) is 12.1. The summed E-state index contributed by atoms with van der Waals surface area (Å²) in [6.45, 7) is 6.21. The van der Waals surface area contributed by atoms with Crippen molar-refractivity contribution in [3.63, 3.8) is 0 Å². The van der Waals surface area contributed by atoms with E-state index in [2.05, 4.69) is 20.6 Å². The van der Waals surface area contributed by atoms with Gasteiger partial charge < -0.3 is 15.5 Å². The van der Waals surface area contributed by atoms with Crippen LogP contribution >= 0.6 is 11.8 Å². The molecule has 0 aliphatic heterocycles. The molecule has 4 aromatic rings. The van der Waals surface area contributed by atoms with Gasteiger partial charge in [0.25, 0.3) is 0 Å². The standard InChI is InChI=1S/C24H27N7O3S/c1-15-6-8-18(9-7-15)31-17(3)23(16(2)29-31)26-22(33)14-35-24-28-27-21(11-10-20(25)32)30(24)13-19-5-4-12-34-19/h4-9,12H,10-11,13-14H2,1-3H3,(H2,25,32)(H,26,33). The number of nitrogens with two attached hydrogens (primary N) is 1. The Hall–Kier alpha value is -3.86. The van der Waals surface area contributed by atoms with Crippen molar-refractivity contribution in [1.29, 1.82) is 0 Å². The van der Waals surface area contributed by atoms with E-state index in [9.17, 15) is 9.59 Å². The second-order valence-electron chi connectivity index (χ2n) is 8.16. The van der Waals surface area contributed by atoms with Crippen LogP contribution in [-0.4, -0.2) is 42.1 Å². The summed E-state index contributed by atoms with van der Waals surface area (Å²) in [5.41, 5.74) is 9.66. The van der Waals surface area contributed by atoms with E-state index < -0.39 is 5.91 Å². The summed E-state index contributed by atoms with van der Waals surface area (Å²) in [6, 6.07) is 11.7. The lowest BCUT2D eigenvalue weighted by Crippen LogP contribution is -2.16. The number of primary amides is 1. The summed E-state index contributed by atoms with van der Waals surface area (Å²) in [4.78, 5) is 24.1. The Balaban J connectivity index is 1.46. The van der Waals surface area contributed by atoms with Crippen molar-refractivity contribution in [2.75, 3.05) is 11.1 Å². The topological polar surface area (TPSA) is 134 Å². The molecule has 4 rings (SSSR count). The Morgan fingerprint density at radius 2 is 1.89 bits per heavy atom. The zero-order chi connectivity index (χ0) is 24.9. The second-order valence-corrected chi connectivity index (χ2v) is 9.10. The van der Waals surface area contributed by atoms with Crippen LogP contribution in [0.5, 0.6) is 0 Å². The van der Waals surface area contributed by atoms with Crippen molar-refractivity contribution in [2.24, 2.45) is 5.73 Å². The highest BCUT2D eigenvalue weighted by Crippen LogP contribution is 2.25. The molecule has 10 nitrogen and oxygen atoms in total. The average molecular weight is 494 g/mol. The highest BCUT2D eigenvalue weighted by Gasteiger charge is 2.19. The van der Waals surface area contributed by atoms with Crippen molar-refractivity contribution in [3.8, 4) is 5.69 Å². The molecule has 0 radical (unpaired) electrons. The van der Waals surface area contributed by atoms with Gasteiger partial charge in [-0.05, 0) is 45.0 Å². The lowest BCUT2D eigenvalue weighted by molar-refractivity contribution is -0.118. The summed E-state index contributed by atoms with van der Waals surface area (Å²) in [6.07, 6.45) is 2.10. The quantitative estimate of drug-likeness (QED) is 0.324. The third-order valence-electron chi connectivity index (χ3n) is 5.45. The lowest BCUT2D eigenvalue weighted by atomic mass is 10.2. The Kier molecular flexibility index (Phi) is 7.35. The van der Waals surface area contributed by atoms with Gasteiger partial charge in [0.15, 0.2) is 5.16 Å². The van der Waals surface area contributed by atoms with Crippen LogP contribution in [0.1, 0.15) is 35.0 Å². The smallest absolute Gasteiger partial charge is 0.234 e. The summed E-state index contributed by atoms with van der Waals surface area (Å²) in [5, 5.41) is 16.6. The Bertz CT molecular complexity index is 1320. The number of hydrogen-bond acceptors (Lipinski definition) is 7. The minimum absolute atomic E-state index is 0.126. The monoisotopic (exact) mass is 493 g/mol. The summed E-state index contributed by atoms with van der Waals surface area (Å²) < 4.78 is 9.11. The normalized spacial score (nSPS) is 11.1. The molecule has 0 aliphatic carbocycles. The van der Waals surface area contributed by atoms with E-state index in [-0.39, 0.29) is 18.1 Å². The Morgan fingerprint density at radius 1 is 1.11 bits per heavy atom. The molecule has 0 spiro atoms. The number of hydrogen-bond donors (Lipinski definition) is 2. The number of carbonyl (C=O) groups is 2. The Morgan fingerprint density at radius 3 is 2.57 bits per heavy atom. The van der Waals surface area contributed by atoms with Gasteiger partial charge in [0.1, 0.15) is 11.6 Å². The zero-order valence-electron chi connectivity index (χ0n) is 19.8. The fraction of sp³-hybridized carbons (Fsp3) is 0.292. The molecule has 2 amide bonds. The van der Waals surface area contributed by atoms with E-state index in [1.807, 2.05) is 60.4 Å². The van der Waals surface area contributed by atoms with Crippen LogP contribution in [0, 0.1) is 20.8 Å². The first kappa shape index (κ1) is 24.3. The molecule has 0 unspecified atom stereocenters. The van der Waals surface area contributed by atoms with E-state index in [1.54, 1.807) is 12.3 Å². The van der Waals surface area contributed by atoms with E-state index in [4.69, 9.17) is 10.2 Å². The number of furan rings is 1. The van der Waals surface area contributed by atoms with E-state index in [0.717, 1.165) is 17.1 Å². The molecule has 0 bridgehead atoms. The van der Waals surface area contributed by atoms with E-state index in [0.29, 0.717) is 35.4 Å². The molecule has 3 heterocycles. The van der Waals surface area contributed by atoms with Crippen molar-refractivity contribution in [1.82, 2.24) is 24.5 Å². The SMILES string of the molecule is Cc1ccc(-n2nc(C)c(NC(=O)CSc3nnc(CCC(N)=O)n3Cc3ccco3)c2C)cc1. The number of nitrogens with zero attached hydrogens (tertiary/aromatic N) is 5. The second kappa shape index (κ2) is 10.6. The van der Waals surface area contributed by atoms with Gasteiger partial charge in [0.05, 0.1) is 41.3 Å². The summed E-state index contributed by atoms with van der Waals surface area (Å²) in [7, 11) is 0. The van der Waals surface area contributed by atoms with Crippen molar-refractivity contribution in [3.05, 3.63) is 71.2 Å². The van der Waals surface area contributed by atoms with Crippen LogP contribution in [0.3, 0.4) is 0 Å². The molecule has 0 saturated carbocycles. The van der Waals surface area contributed by atoms with Gasteiger partial charge in [-0.15, -0.1) is 10.2 Å². The zero-order valence-corrected chi connectivity index (χ0v) is 20.6. The maximum absolute atomic E-state index is 12.8. The first-order chi connectivity index (χ1) is 16.8. The van der Waals surface area contributed by atoms with Crippen LogP contribution in [0.15, 0.2) is 52.2 Å². The maximum atomic E-state index is 12.8. The fourth-order valence-electron chi connectivity index (χ4n) is 3.63. The molecule has 0 fully saturated rings. The molecule has 35 heavy (non-hydrogen) atoms. The van der Waals surface area contributed by atoms with Crippen LogP contribution in [0.2, 0.25) is 0 Å². The number of thioether (sulfide) groups is 1. The van der Waals surface area contributed by atoms with Crippen molar-refractivity contribution < 1.29 is 14.0 Å². The number of nitrogens with one attached hydrogen (secondary N) is 1. The lowest BCUT2D eigenvalue weighted by Gasteiger charge is -2.09. The highest BCUT2D eigenvalue weighted by molar-refractivity contribution is 7.99. The number of carbonyl (C=O) groups excluding carboxylic acids is 2. The summed E-state index contributed by atoms with van der Waals surface area (Å²) in [5.74, 6) is 0.847. The van der Waals surface area contributed by atoms with Gasteiger partial charge in [0, 0.05) is 12.8 Å². The first-order valence-electron chi connectivity index (χ1n) is 11.1. The maximum Gasteiger partial charge on any atom is 0.234 e. The number of aromatic nitrogens is 5. The fourth-order valence-corrected chi connectivity index (χ4v) is 4.39. The minimum atomic E-state index is -0.414. The molecular weight excluding hydrogens is 466 g/mol. The van der Waals surface area contributed by atoms with Gasteiger partial charge >= 0.3 is 0 Å². The van der Waals surface area contributed by atoms with Crippen molar-refractivity contribution >= 4 is 29.3 Å². The van der Waals surface area contributed by atoms with Crippen LogP contribution in [0.4, 0.5) is 5.69 Å². The van der Waals surface area contributed by atoms with Crippen LogP contribution in [-0.2, 0) is 22.6 Å². The molecule has 182 valence electrons. The average Bonchev–Trinajstić information content (AvgIpc) is 3.54. The number of rotatable bonds is 10. The highest BCUT2D eigenvalue weighted by atomic mass is 32.2. The van der Waals surface area contributed by atoms with E-state index >= 15 is 0 Å². The molecule has 0 saturated heterocycles. The third-order valence-corrected chi connectivity index (χ3v) is 6.42. The van der Waals surface area contributed by atoms with Gasteiger partial charge in [0.2, 0.25) is 11.8 Å². The van der Waals surface area contributed by atoms with Crippen molar-refractivity contribution in [2.45, 2.75) is 45.3 Å². The van der Waals surface area contributed by atoms with Gasteiger partial charge in [-0.25, -0.2) is 4.68 Å². The number of aryl methyl sites for hydroxylation is 3. The predicted molar refractivity (Wildman–Crippen MR) is 132 cm³/mol. The number of benzene rings is 1. The molecule has 0 aliphatic rings. The predicted octanol–water partition coefficient (Wildman–Crippen LogP) is 3.18. The molecular formula is C24H27N7O3S. The van der Waals surface area contributed by atoms with Gasteiger partial charge in [-0.1, -0.05) is 29.5 Å². The van der Waals surface area contributed by atoms with Gasteiger partial charge in [-0.3, -0.25) is 14.2 Å². The van der Waals surface area contributed by atoms with Crippen LogP contribution in [0.25, 0.3) is 5.69 Å². The number of amides is 2. The molecule has 3 N–H and O–H groups in total.